The fourth-order valence-corrected chi connectivity index (χ4v) is 3.09. The Kier molecular flexibility index (Phi) is 3.40. The van der Waals surface area contributed by atoms with Crippen LogP contribution < -0.4 is 5.32 Å². The van der Waals surface area contributed by atoms with Gasteiger partial charge in [0.1, 0.15) is 10.6 Å². The maximum Gasteiger partial charge on any atom is 0.163 e. The molecule has 0 spiro atoms. The number of hydrogen-bond donors (Lipinski definition) is 1. The highest BCUT2D eigenvalue weighted by Crippen LogP contribution is 2.28. The second-order valence-electron chi connectivity index (χ2n) is 4.01. The Morgan fingerprint density at radius 2 is 1.89 bits per heavy atom. The lowest BCUT2D eigenvalue weighted by Gasteiger charge is -2.06. The molecule has 2 aromatic heterocycles. The van der Waals surface area contributed by atoms with E-state index in [1.807, 2.05) is 18.5 Å². The summed E-state index contributed by atoms with van der Waals surface area (Å²) in [7, 11) is 1.89. The maximum absolute atomic E-state index is 4.63. The topological polar surface area (TPSA) is 37.8 Å². The molecule has 5 heteroatoms. The number of benzene rings is 1. The molecule has 1 aromatic carbocycles. The van der Waals surface area contributed by atoms with Gasteiger partial charge in [-0.2, -0.15) is 0 Å². The molecule has 19 heavy (non-hydrogen) atoms. The first-order chi connectivity index (χ1) is 9.31. The second kappa shape index (κ2) is 5.19. The molecule has 1 N–H and O–H groups in total. The number of fused-ring (bicyclic) bond motifs is 1. The van der Waals surface area contributed by atoms with Crippen LogP contribution in [0, 0.1) is 0 Å². The number of nitrogens with one attached hydrogen (secondary N) is 1. The minimum atomic E-state index is 0.770. The van der Waals surface area contributed by atoms with Gasteiger partial charge in [-0.25, -0.2) is 9.97 Å². The molecule has 0 saturated heterocycles. The molecular formula is C14H13N3S2. The summed E-state index contributed by atoms with van der Waals surface area (Å²) in [6, 6.07) is 10.4. The minimum absolute atomic E-state index is 0.770. The lowest BCUT2D eigenvalue weighted by Crippen LogP contribution is -1.97. The van der Waals surface area contributed by atoms with Gasteiger partial charge >= 0.3 is 0 Å². The second-order valence-corrected chi connectivity index (χ2v) is 5.79. The molecule has 96 valence electrons. The third-order valence-electron chi connectivity index (χ3n) is 2.91. The molecule has 0 aliphatic carbocycles. The summed E-state index contributed by atoms with van der Waals surface area (Å²) >= 11 is 3.37. The average Bonchev–Trinajstić information content (AvgIpc) is 2.94. The highest BCUT2D eigenvalue weighted by molar-refractivity contribution is 7.98. The predicted molar refractivity (Wildman–Crippen MR) is 84.2 cm³/mol. The van der Waals surface area contributed by atoms with Crippen molar-refractivity contribution in [2.45, 2.75) is 4.90 Å². The number of thiophene rings is 1. The zero-order chi connectivity index (χ0) is 13.2. The third-order valence-corrected chi connectivity index (χ3v) is 4.46. The third kappa shape index (κ3) is 2.31. The fourth-order valence-electron chi connectivity index (χ4n) is 1.92. The van der Waals surface area contributed by atoms with E-state index in [1.165, 1.54) is 4.90 Å². The van der Waals surface area contributed by atoms with Crippen LogP contribution in [0.15, 0.2) is 40.6 Å². The molecule has 0 fully saturated rings. The summed E-state index contributed by atoms with van der Waals surface area (Å²) < 4.78 is 0. The zero-order valence-electron chi connectivity index (χ0n) is 10.7. The van der Waals surface area contributed by atoms with Crippen LogP contribution in [0.25, 0.3) is 21.6 Å². The van der Waals surface area contributed by atoms with E-state index < -0.39 is 0 Å². The normalized spacial score (nSPS) is 10.8. The number of hydrogen-bond acceptors (Lipinski definition) is 5. The largest absolute Gasteiger partial charge is 0.372 e. The standard InChI is InChI=1S/C14H13N3S2/c1-15-13-11-7-8-19-14(11)17-12(16-13)9-3-5-10(18-2)6-4-9/h3-8H,1-2H3,(H,15,16,17). The van der Waals surface area contributed by atoms with Gasteiger partial charge in [0.25, 0.3) is 0 Å². The molecule has 3 aromatic rings. The lowest BCUT2D eigenvalue weighted by molar-refractivity contribution is 1.22. The molecular weight excluding hydrogens is 274 g/mol. The molecule has 3 nitrogen and oxygen atoms in total. The highest BCUT2D eigenvalue weighted by Gasteiger charge is 2.09. The van der Waals surface area contributed by atoms with Crippen molar-refractivity contribution < 1.29 is 0 Å². The van der Waals surface area contributed by atoms with Crippen LogP contribution in [-0.2, 0) is 0 Å². The monoisotopic (exact) mass is 287 g/mol. The van der Waals surface area contributed by atoms with Crippen molar-refractivity contribution in [1.82, 2.24) is 9.97 Å². The van der Waals surface area contributed by atoms with Gasteiger partial charge < -0.3 is 5.32 Å². The van der Waals surface area contributed by atoms with Crippen molar-refractivity contribution in [3.63, 3.8) is 0 Å². The van der Waals surface area contributed by atoms with E-state index in [4.69, 9.17) is 0 Å². The summed E-state index contributed by atoms with van der Waals surface area (Å²) in [4.78, 5) is 11.5. The Labute approximate surface area is 120 Å². The van der Waals surface area contributed by atoms with E-state index in [2.05, 4.69) is 45.8 Å². The summed E-state index contributed by atoms with van der Waals surface area (Å²) in [5.41, 5.74) is 1.05. The van der Waals surface area contributed by atoms with Gasteiger partial charge in [-0.05, 0) is 29.8 Å². The van der Waals surface area contributed by atoms with Gasteiger partial charge in [-0.15, -0.1) is 23.1 Å². The van der Waals surface area contributed by atoms with Gasteiger partial charge in [0, 0.05) is 17.5 Å². The first-order valence-corrected chi connectivity index (χ1v) is 7.99. The summed E-state index contributed by atoms with van der Waals surface area (Å²) in [5, 5.41) is 6.26. The van der Waals surface area contributed by atoms with Crippen LogP contribution in [0.3, 0.4) is 0 Å². The van der Waals surface area contributed by atoms with Crippen molar-refractivity contribution in [1.29, 1.82) is 0 Å². The maximum atomic E-state index is 4.63. The van der Waals surface area contributed by atoms with Crippen LogP contribution in [0.1, 0.15) is 0 Å². The van der Waals surface area contributed by atoms with Crippen LogP contribution in [-0.4, -0.2) is 23.3 Å². The molecule has 3 rings (SSSR count). The van der Waals surface area contributed by atoms with E-state index in [1.54, 1.807) is 23.1 Å². The molecule has 0 aliphatic rings. The minimum Gasteiger partial charge on any atom is -0.372 e. The lowest BCUT2D eigenvalue weighted by atomic mass is 10.2. The highest BCUT2D eigenvalue weighted by atomic mass is 32.2. The Morgan fingerprint density at radius 1 is 1.11 bits per heavy atom. The quantitative estimate of drug-likeness (QED) is 0.735. The zero-order valence-corrected chi connectivity index (χ0v) is 12.3. The SMILES string of the molecule is CNc1nc(-c2ccc(SC)cc2)nc2sccc12. The number of aromatic nitrogens is 2. The summed E-state index contributed by atoms with van der Waals surface area (Å²) in [6.07, 6.45) is 2.07. The summed E-state index contributed by atoms with van der Waals surface area (Å²) in [5.74, 6) is 1.65. The van der Waals surface area contributed by atoms with E-state index >= 15 is 0 Å². The van der Waals surface area contributed by atoms with Crippen molar-refractivity contribution >= 4 is 39.1 Å². The average molecular weight is 287 g/mol. The predicted octanol–water partition coefficient (Wildman–Crippen LogP) is 4.12. The van der Waals surface area contributed by atoms with Gasteiger partial charge in [0.2, 0.25) is 0 Å². The van der Waals surface area contributed by atoms with Crippen LogP contribution in [0.5, 0.6) is 0 Å². The van der Waals surface area contributed by atoms with E-state index in [0.29, 0.717) is 0 Å². The first-order valence-electron chi connectivity index (χ1n) is 5.89. The first kappa shape index (κ1) is 12.4. The van der Waals surface area contributed by atoms with Crippen molar-refractivity contribution in [2.75, 3.05) is 18.6 Å². The van der Waals surface area contributed by atoms with E-state index in [9.17, 15) is 0 Å². The van der Waals surface area contributed by atoms with Crippen LogP contribution >= 0.6 is 23.1 Å². The fraction of sp³-hybridized carbons (Fsp3) is 0.143. The van der Waals surface area contributed by atoms with Crippen molar-refractivity contribution in [3.8, 4) is 11.4 Å². The van der Waals surface area contributed by atoms with Gasteiger partial charge in [-0.3, -0.25) is 0 Å². The molecule has 0 saturated carbocycles. The Balaban J connectivity index is 2.12. The molecule has 0 atom stereocenters. The van der Waals surface area contributed by atoms with Crippen LogP contribution in [0.2, 0.25) is 0 Å². The Hall–Kier alpha value is -1.59. The smallest absolute Gasteiger partial charge is 0.163 e. The number of anilines is 1. The Bertz CT molecular complexity index is 704. The number of nitrogens with zero attached hydrogens (tertiary/aromatic N) is 2. The van der Waals surface area contributed by atoms with Crippen molar-refractivity contribution in [2.24, 2.45) is 0 Å². The van der Waals surface area contributed by atoms with Gasteiger partial charge in [0.05, 0.1) is 5.39 Å². The van der Waals surface area contributed by atoms with Gasteiger partial charge in [-0.1, -0.05) is 12.1 Å². The van der Waals surface area contributed by atoms with E-state index in [-0.39, 0.29) is 0 Å². The molecule has 0 radical (unpaired) electrons. The van der Waals surface area contributed by atoms with Crippen LogP contribution in [0.4, 0.5) is 5.82 Å². The molecule has 0 unspecified atom stereocenters. The number of thioether (sulfide) groups is 1. The molecule has 0 amide bonds. The van der Waals surface area contributed by atoms with Crippen molar-refractivity contribution in [3.05, 3.63) is 35.7 Å². The van der Waals surface area contributed by atoms with Gasteiger partial charge in [0.15, 0.2) is 5.82 Å². The molecule has 0 bridgehead atoms. The number of rotatable bonds is 3. The Morgan fingerprint density at radius 3 is 2.58 bits per heavy atom. The van der Waals surface area contributed by atoms with E-state index in [0.717, 1.165) is 27.4 Å². The summed E-state index contributed by atoms with van der Waals surface area (Å²) in [6.45, 7) is 0. The molecule has 2 heterocycles. The molecule has 0 aliphatic heterocycles.